The van der Waals surface area contributed by atoms with E-state index in [1.165, 1.54) is 7.11 Å². The molecule has 2 unspecified atom stereocenters. The van der Waals surface area contributed by atoms with Gasteiger partial charge in [-0.05, 0) is 32.4 Å². The second-order valence-electron chi connectivity index (χ2n) is 5.22. The molecule has 1 aromatic carbocycles. The van der Waals surface area contributed by atoms with Crippen molar-refractivity contribution in [2.24, 2.45) is 0 Å². The molecule has 0 aliphatic carbocycles. The summed E-state index contributed by atoms with van der Waals surface area (Å²) < 4.78 is 10.4. The van der Waals surface area contributed by atoms with Crippen LogP contribution in [-0.4, -0.2) is 31.3 Å². The minimum absolute atomic E-state index is 0.0154. The highest BCUT2D eigenvalue weighted by atomic mass is 35.5. The Labute approximate surface area is 123 Å². The molecule has 1 aliphatic heterocycles. The van der Waals surface area contributed by atoms with Crippen LogP contribution in [0.4, 0.5) is 11.4 Å². The van der Waals surface area contributed by atoms with E-state index in [-0.39, 0.29) is 11.6 Å². The number of nitrogens with one attached hydrogen (secondary N) is 1. The van der Waals surface area contributed by atoms with Gasteiger partial charge in [-0.1, -0.05) is 11.6 Å². The first-order valence-corrected chi connectivity index (χ1v) is 6.82. The third-order valence-corrected chi connectivity index (χ3v) is 4.11. The molecule has 1 aromatic rings. The molecule has 5 nitrogen and oxygen atoms in total. The molecule has 1 heterocycles. The van der Waals surface area contributed by atoms with Crippen LogP contribution >= 0.6 is 11.6 Å². The lowest BCUT2D eigenvalue weighted by molar-refractivity contribution is 0.0601. The lowest BCUT2D eigenvalue weighted by atomic mass is 9.93. The van der Waals surface area contributed by atoms with Crippen LogP contribution in [0, 0.1) is 0 Å². The lowest BCUT2D eigenvalue weighted by Crippen LogP contribution is -2.41. The van der Waals surface area contributed by atoms with Crippen molar-refractivity contribution < 1.29 is 14.3 Å². The van der Waals surface area contributed by atoms with Crippen LogP contribution in [0.5, 0.6) is 0 Å². The molecule has 0 bridgehead atoms. The number of anilines is 2. The summed E-state index contributed by atoms with van der Waals surface area (Å²) in [7, 11) is 1.33. The average Bonchev–Trinajstić information content (AvgIpc) is 2.72. The Morgan fingerprint density at radius 2 is 2.30 bits per heavy atom. The first kappa shape index (κ1) is 14.9. The van der Waals surface area contributed by atoms with Gasteiger partial charge in [0.2, 0.25) is 0 Å². The van der Waals surface area contributed by atoms with E-state index in [0.717, 1.165) is 6.42 Å². The molecular formula is C14H19ClN2O3. The van der Waals surface area contributed by atoms with Crippen molar-refractivity contribution in [3.8, 4) is 0 Å². The molecule has 1 saturated heterocycles. The maximum atomic E-state index is 11.9. The topological polar surface area (TPSA) is 73.6 Å². The number of esters is 1. The molecule has 2 rings (SSSR count). The fraction of sp³-hybridized carbons (Fsp3) is 0.500. The van der Waals surface area contributed by atoms with Gasteiger partial charge in [-0.2, -0.15) is 0 Å². The Kier molecular flexibility index (Phi) is 4.11. The van der Waals surface area contributed by atoms with Crippen molar-refractivity contribution in [3.05, 3.63) is 22.7 Å². The summed E-state index contributed by atoms with van der Waals surface area (Å²) in [5, 5.41) is 3.73. The predicted octanol–water partition coefficient (Wildman–Crippen LogP) is 2.69. The van der Waals surface area contributed by atoms with Crippen LogP contribution in [0.1, 0.15) is 30.6 Å². The summed E-state index contributed by atoms with van der Waals surface area (Å²) in [6, 6.07) is 3.17. The second-order valence-corrected chi connectivity index (χ2v) is 5.63. The van der Waals surface area contributed by atoms with Gasteiger partial charge in [-0.25, -0.2) is 4.79 Å². The van der Waals surface area contributed by atoms with E-state index in [2.05, 4.69) is 5.32 Å². The molecule has 0 radical (unpaired) electrons. The van der Waals surface area contributed by atoms with Gasteiger partial charge in [0.15, 0.2) is 0 Å². The molecule has 0 aromatic heterocycles. The van der Waals surface area contributed by atoms with Gasteiger partial charge in [0.05, 0.1) is 35.0 Å². The molecule has 6 heteroatoms. The Hall–Kier alpha value is -1.46. The summed E-state index contributed by atoms with van der Waals surface area (Å²) in [4.78, 5) is 11.9. The third-order valence-electron chi connectivity index (χ3n) is 3.81. The molecule has 110 valence electrons. The zero-order valence-electron chi connectivity index (χ0n) is 11.8. The number of methoxy groups -OCH3 is 1. The number of carbonyl (C=O) groups is 1. The highest BCUT2D eigenvalue weighted by Crippen LogP contribution is 2.36. The molecule has 1 aliphatic rings. The van der Waals surface area contributed by atoms with Crippen LogP contribution in [-0.2, 0) is 9.47 Å². The summed E-state index contributed by atoms with van der Waals surface area (Å²) in [6.45, 7) is 4.70. The number of rotatable bonds is 3. The van der Waals surface area contributed by atoms with Gasteiger partial charge < -0.3 is 20.5 Å². The van der Waals surface area contributed by atoms with Gasteiger partial charge in [0, 0.05) is 12.3 Å². The third kappa shape index (κ3) is 2.69. The van der Waals surface area contributed by atoms with E-state index in [4.69, 9.17) is 26.8 Å². The van der Waals surface area contributed by atoms with Crippen molar-refractivity contribution in [1.82, 2.24) is 0 Å². The van der Waals surface area contributed by atoms with Crippen molar-refractivity contribution in [2.45, 2.75) is 31.9 Å². The summed E-state index contributed by atoms with van der Waals surface area (Å²) >= 11 is 6.23. The van der Waals surface area contributed by atoms with E-state index in [9.17, 15) is 4.79 Å². The molecular weight excluding hydrogens is 280 g/mol. The average molecular weight is 299 g/mol. The summed E-state index contributed by atoms with van der Waals surface area (Å²) in [6.07, 6.45) is 0.844. The maximum absolute atomic E-state index is 11.9. The molecule has 1 fully saturated rings. The van der Waals surface area contributed by atoms with E-state index >= 15 is 0 Å². The Bertz CT molecular complexity index is 535. The van der Waals surface area contributed by atoms with Crippen LogP contribution < -0.4 is 11.1 Å². The Balaban J connectivity index is 2.42. The molecule has 20 heavy (non-hydrogen) atoms. The smallest absolute Gasteiger partial charge is 0.340 e. The minimum Gasteiger partial charge on any atom is -0.465 e. The Morgan fingerprint density at radius 3 is 2.85 bits per heavy atom. The highest BCUT2D eigenvalue weighted by molar-refractivity contribution is 6.34. The number of halogens is 1. The quantitative estimate of drug-likeness (QED) is 0.663. The fourth-order valence-corrected chi connectivity index (χ4v) is 2.59. The molecule has 3 N–H and O–H groups in total. The summed E-state index contributed by atoms with van der Waals surface area (Å²) in [5.74, 6) is -0.475. The van der Waals surface area contributed by atoms with Crippen LogP contribution in [0.3, 0.4) is 0 Å². The second kappa shape index (κ2) is 5.50. The van der Waals surface area contributed by atoms with Crippen LogP contribution in [0.2, 0.25) is 5.02 Å². The lowest BCUT2D eigenvalue weighted by Gasteiger charge is -2.31. The van der Waals surface area contributed by atoms with E-state index < -0.39 is 5.97 Å². The zero-order valence-corrected chi connectivity index (χ0v) is 12.6. The first-order valence-electron chi connectivity index (χ1n) is 6.44. The zero-order chi connectivity index (χ0) is 14.9. The first-order chi connectivity index (χ1) is 9.37. The fourth-order valence-electron chi connectivity index (χ4n) is 2.31. The van der Waals surface area contributed by atoms with Crippen LogP contribution in [0.15, 0.2) is 12.1 Å². The van der Waals surface area contributed by atoms with Crippen molar-refractivity contribution in [3.63, 3.8) is 0 Å². The number of hydrogen-bond acceptors (Lipinski definition) is 5. The van der Waals surface area contributed by atoms with E-state index in [1.54, 1.807) is 12.1 Å². The van der Waals surface area contributed by atoms with Crippen molar-refractivity contribution in [1.29, 1.82) is 0 Å². The van der Waals surface area contributed by atoms with E-state index in [0.29, 0.717) is 28.6 Å². The number of carbonyl (C=O) groups excluding carboxylic acids is 1. The molecule has 2 atom stereocenters. The molecule has 0 amide bonds. The largest absolute Gasteiger partial charge is 0.465 e. The maximum Gasteiger partial charge on any atom is 0.340 e. The normalized spacial score (nSPS) is 25.5. The monoisotopic (exact) mass is 298 g/mol. The molecule has 0 saturated carbocycles. The number of hydrogen-bond donors (Lipinski definition) is 2. The van der Waals surface area contributed by atoms with Gasteiger partial charge in [-0.15, -0.1) is 0 Å². The van der Waals surface area contributed by atoms with Gasteiger partial charge in [-0.3, -0.25) is 0 Å². The molecule has 0 spiro atoms. The van der Waals surface area contributed by atoms with Gasteiger partial charge >= 0.3 is 5.97 Å². The van der Waals surface area contributed by atoms with Crippen molar-refractivity contribution in [2.75, 3.05) is 24.8 Å². The van der Waals surface area contributed by atoms with Gasteiger partial charge in [0.1, 0.15) is 0 Å². The summed E-state index contributed by atoms with van der Waals surface area (Å²) in [5.41, 5.74) is 6.74. The Morgan fingerprint density at radius 1 is 1.60 bits per heavy atom. The predicted molar refractivity (Wildman–Crippen MR) is 79.3 cm³/mol. The number of nitrogen functional groups attached to an aromatic ring is 1. The highest BCUT2D eigenvalue weighted by Gasteiger charge is 2.38. The SMILES string of the molecule is COC(=O)c1cc(N)cc(Cl)c1NC1(C)CCOC1C. The number of ether oxygens (including phenoxy) is 2. The number of nitrogens with two attached hydrogens (primary N) is 1. The van der Waals surface area contributed by atoms with Crippen LogP contribution in [0.25, 0.3) is 0 Å². The van der Waals surface area contributed by atoms with E-state index in [1.807, 2.05) is 13.8 Å². The standard InChI is InChI=1S/C14H19ClN2O3/c1-8-14(2,4-5-20-8)17-12-10(13(18)19-3)6-9(16)7-11(12)15/h6-8,17H,4-5,16H2,1-3H3. The van der Waals surface area contributed by atoms with Gasteiger partial charge in [0.25, 0.3) is 0 Å². The minimum atomic E-state index is -0.475. The van der Waals surface area contributed by atoms with Crippen molar-refractivity contribution >= 4 is 28.9 Å². The number of benzene rings is 1.